The van der Waals surface area contributed by atoms with Crippen LogP contribution in [0.1, 0.15) is 0 Å². The molecule has 0 aromatic heterocycles. The van der Waals surface area contributed by atoms with Crippen LogP contribution in [-0.4, -0.2) is 48.5 Å². The van der Waals surface area contributed by atoms with Crippen molar-refractivity contribution >= 4 is 11.9 Å². The fourth-order valence-corrected chi connectivity index (χ4v) is 0.480. The van der Waals surface area contributed by atoms with Gasteiger partial charge >= 0.3 is 5.97 Å². The fraction of sp³-hybridized carbons (Fsp3) is 0.667. The minimum atomic E-state index is -1.56. The van der Waals surface area contributed by atoms with Crippen LogP contribution in [0.4, 0.5) is 0 Å². The Hall–Kier alpha value is -1.14. The Morgan fingerprint density at radius 3 is 2.58 bits per heavy atom. The van der Waals surface area contributed by atoms with Crippen molar-refractivity contribution in [3.63, 3.8) is 0 Å². The van der Waals surface area contributed by atoms with E-state index in [-0.39, 0.29) is 13.2 Å². The monoisotopic (exact) mass is 177 g/mol. The number of carbonyl (C=O) groups excluding carboxylic acids is 1. The predicted octanol–water partition coefficient (Wildman–Crippen LogP) is -1.81. The third-order valence-corrected chi connectivity index (χ3v) is 1.05. The summed E-state index contributed by atoms with van der Waals surface area (Å²) < 4.78 is 4.46. The van der Waals surface area contributed by atoms with Gasteiger partial charge in [-0.2, -0.15) is 0 Å². The highest BCUT2D eigenvalue weighted by atomic mass is 16.5. The lowest BCUT2D eigenvalue weighted by atomic mass is 10.3. The minimum absolute atomic E-state index is 0.146. The number of ether oxygens (including phenoxy) is 1. The molecule has 0 aliphatic carbocycles. The Bertz CT molecular complexity index is 169. The molecule has 0 aromatic rings. The zero-order valence-corrected chi connectivity index (χ0v) is 6.61. The summed E-state index contributed by atoms with van der Waals surface area (Å²) in [6.07, 6.45) is -1.56. The molecule has 1 amide bonds. The largest absolute Gasteiger partial charge is 0.479 e. The molecule has 6 heteroatoms. The SMILES string of the molecule is COCC(=O)NCC(O)C(=O)O. The molecule has 0 rings (SSSR count). The molecule has 0 aromatic carbocycles. The predicted molar refractivity (Wildman–Crippen MR) is 38.5 cm³/mol. The molecule has 12 heavy (non-hydrogen) atoms. The molecule has 0 aliphatic rings. The zero-order valence-electron chi connectivity index (χ0n) is 6.61. The van der Waals surface area contributed by atoms with Crippen LogP contribution in [0, 0.1) is 0 Å². The summed E-state index contributed by atoms with van der Waals surface area (Å²) >= 11 is 0. The van der Waals surface area contributed by atoms with Gasteiger partial charge < -0.3 is 20.3 Å². The number of hydrogen-bond acceptors (Lipinski definition) is 4. The molecular formula is C6H11NO5. The minimum Gasteiger partial charge on any atom is -0.479 e. The number of carboxylic acid groups (broad SMARTS) is 1. The Kier molecular flexibility index (Phi) is 4.98. The van der Waals surface area contributed by atoms with Gasteiger partial charge in [0.1, 0.15) is 6.61 Å². The van der Waals surface area contributed by atoms with E-state index in [1.807, 2.05) is 0 Å². The highest BCUT2D eigenvalue weighted by molar-refractivity contribution is 5.78. The van der Waals surface area contributed by atoms with Crippen molar-refractivity contribution in [1.82, 2.24) is 5.32 Å². The van der Waals surface area contributed by atoms with Gasteiger partial charge in [0.2, 0.25) is 5.91 Å². The van der Waals surface area contributed by atoms with Gasteiger partial charge in [-0.1, -0.05) is 0 Å². The van der Waals surface area contributed by atoms with Crippen LogP contribution >= 0.6 is 0 Å². The van der Waals surface area contributed by atoms with E-state index in [2.05, 4.69) is 10.1 Å². The Labute approximate surface area is 69.1 Å². The highest BCUT2D eigenvalue weighted by Gasteiger charge is 2.13. The van der Waals surface area contributed by atoms with E-state index in [1.54, 1.807) is 0 Å². The summed E-state index contributed by atoms with van der Waals surface area (Å²) in [7, 11) is 1.34. The van der Waals surface area contributed by atoms with Crippen LogP contribution in [0.5, 0.6) is 0 Å². The molecule has 1 unspecified atom stereocenters. The summed E-state index contributed by atoms with van der Waals surface area (Å²) in [5, 5.41) is 19.1. The molecule has 0 radical (unpaired) electrons. The Balaban J connectivity index is 3.54. The number of methoxy groups -OCH3 is 1. The third-order valence-electron chi connectivity index (χ3n) is 1.05. The number of hydrogen-bond donors (Lipinski definition) is 3. The van der Waals surface area contributed by atoms with Crippen LogP contribution in [-0.2, 0) is 14.3 Å². The van der Waals surface area contributed by atoms with Crippen LogP contribution in [0.2, 0.25) is 0 Å². The molecule has 0 fully saturated rings. The van der Waals surface area contributed by atoms with Gasteiger partial charge in [0, 0.05) is 7.11 Å². The number of aliphatic hydroxyl groups excluding tert-OH is 1. The molecule has 0 saturated heterocycles. The van der Waals surface area contributed by atoms with E-state index in [0.717, 1.165) is 0 Å². The lowest BCUT2D eigenvalue weighted by Crippen LogP contribution is -2.37. The number of nitrogens with one attached hydrogen (secondary N) is 1. The third kappa shape index (κ3) is 4.64. The standard InChI is InChI=1S/C6H11NO5/c1-12-3-5(9)7-2-4(8)6(10)11/h4,8H,2-3H2,1H3,(H,7,9)(H,10,11). The summed E-state index contributed by atoms with van der Waals surface area (Å²) in [5.41, 5.74) is 0. The van der Waals surface area contributed by atoms with Crippen molar-refractivity contribution in [2.75, 3.05) is 20.3 Å². The number of carboxylic acids is 1. The van der Waals surface area contributed by atoms with Crippen molar-refractivity contribution in [3.8, 4) is 0 Å². The summed E-state index contributed by atoms with van der Waals surface area (Å²) in [6, 6.07) is 0. The second kappa shape index (κ2) is 5.50. The van der Waals surface area contributed by atoms with Crippen molar-refractivity contribution in [3.05, 3.63) is 0 Å². The van der Waals surface area contributed by atoms with E-state index in [1.165, 1.54) is 7.11 Å². The molecule has 0 saturated carbocycles. The van der Waals surface area contributed by atoms with Crippen molar-refractivity contribution < 1.29 is 24.5 Å². The van der Waals surface area contributed by atoms with Gasteiger partial charge in [-0.3, -0.25) is 4.79 Å². The van der Waals surface area contributed by atoms with E-state index in [0.29, 0.717) is 0 Å². The quantitative estimate of drug-likeness (QED) is 0.460. The Morgan fingerprint density at radius 1 is 1.58 bits per heavy atom. The number of rotatable bonds is 5. The Morgan fingerprint density at radius 2 is 2.17 bits per heavy atom. The maximum atomic E-state index is 10.6. The zero-order chi connectivity index (χ0) is 9.56. The van der Waals surface area contributed by atoms with Gasteiger partial charge in [-0.15, -0.1) is 0 Å². The second-order valence-electron chi connectivity index (χ2n) is 2.09. The molecule has 0 aliphatic heterocycles. The summed E-state index contributed by atoms with van der Waals surface area (Å²) in [4.78, 5) is 20.7. The van der Waals surface area contributed by atoms with Gasteiger partial charge in [-0.05, 0) is 0 Å². The first-order chi connectivity index (χ1) is 5.57. The van der Waals surface area contributed by atoms with Gasteiger partial charge in [0.25, 0.3) is 0 Å². The molecule has 70 valence electrons. The lowest BCUT2D eigenvalue weighted by Gasteiger charge is -2.06. The van der Waals surface area contributed by atoms with E-state index in [9.17, 15) is 9.59 Å². The van der Waals surface area contributed by atoms with Crippen LogP contribution in [0.15, 0.2) is 0 Å². The maximum absolute atomic E-state index is 10.6. The lowest BCUT2D eigenvalue weighted by molar-refractivity contribution is -0.146. The normalized spacial score (nSPS) is 12.2. The second-order valence-corrected chi connectivity index (χ2v) is 2.09. The van der Waals surface area contributed by atoms with Crippen LogP contribution in [0.3, 0.4) is 0 Å². The van der Waals surface area contributed by atoms with E-state index < -0.39 is 18.0 Å². The number of aliphatic hydroxyl groups is 1. The van der Waals surface area contributed by atoms with Gasteiger partial charge in [0.15, 0.2) is 6.10 Å². The average molecular weight is 177 g/mol. The molecular weight excluding hydrogens is 166 g/mol. The average Bonchev–Trinajstić information content (AvgIpc) is 2.00. The number of aliphatic carboxylic acids is 1. The van der Waals surface area contributed by atoms with Crippen LogP contribution in [0.25, 0.3) is 0 Å². The summed E-state index contributed by atoms with van der Waals surface area (Å²) in [5.74, 6) is -1.83. The van der Waals surface area contributed by atoms with Crippen molar-refractivity contribution in [1.29, 1.82) is 0 Å². The molecule has 3 N–H and O–H groups in total. The molecule has 0 heterocycles. The first kappa shape index (κ1) is 10.9. The number of amides is 1. The topological polar surface area (TPSA) is 95.9 Å². The summed E-state index contributed by atoms with van der Waals surface area (Å²) in [6.45, 7) is -0.454. The first-order valence-electron chi connectivity index (χ1n) is 3.24. The fourth-order valence-electron chi connectivity index (χ4n) is 0.480. The smallest absolute Gasteiger partial charge is 0.334 e. The van der Waals surface area contributed by atoms with E-state index in [4.69, 9.17) is 10.2 Å². The first-order valence-corrected chi connectivity index (χ1v) is 3.24. The molecule has 6 nitrogen and oxygen atoms in total. The number of carbonyl (C=O) groups is 2. The van der Waals surface area contributed by atoms with Crippen LogP contribution < -0.4 is 5.32 Å². The molecule has 0 bridgehead atoms. The van der Waals surface area contributed by atoms with Crippen molar-refractivity contribution in [2.45, 2.75) is 6.10 Å². The molecule has 0 spiro atoms. The van der Waals surface area contributed by atoms with E-state index >= 15 is 0 Å². The van der Waals surface area contributed by atoms with Gasteiger partial charge in [0.05, 0.1) is 6.54 Å². The van der Waals surface area contributed by atoms with Gasteiger partial charge in [-0.25, -0.2) is 4.79 Å². The van der Waals surface area contributed by atoms with Crippen molar-refractivity contribution in [2.24, 2.45) is 0 Å². The molecule has 1 atom stereocenters. The maximum Gasteiger partial charge on any atom is 0.334 e. The highest BCUT2D eigenvalue weighted by Crippen LogP contribution is 1.79.